The molecule has 2 atom stereocenters. The van der Waals surface area contributed by atoms with Gasteiger partial charge in [0, 0.05) is 13.5 Å². The van der Waals surface area contributed by atoms with E-state index in [1.54, 1.807) is 30.3 Å². The Hall–Kier alpha value is -3.35. The van der Waals surface area contributed by atoms with Crippen LogP contribution in [0.5, 0.6) is 0 Å². The van der Waals surface area contributed by atoms with Crippen LogP contribution in [0.25, 0.3) is 0 Å². The van der Waals surface area contributed by atoms with Crippen molar-refractivity contribution in [2.24, 2.45) is 0 Å². The van der Waals surface area contributed by atoms with Gasteiger partial charge in [0.05, 0.1) is 5.56 Å². The minimum absolute atomic E-state index is 0.0947. The third-order valence-electron chi connectivity index (χ3n) is 4.51. The molecule has 0 N–H and O–H groups in total. The van der Waals surface area contributed by atoms with Gasteiger partial charge in [0.1, 0.15) is 6.61 Å². The molecule has 1 saturated heterocycles. The molecule has 1 amide bonds. The van der Waals surface area contributed by atoms with E-state index in [4.69, 9.17) is 14.2 Å². The van der Waals surface area contributed by atoms with Crippen LogP contribution in [0.4, 0.5) is 4.79 Å². The number of hydrogen-bond acceptors (Lipinski definition) is 6. The molecule has 0 spiro atoms. The number of hydrogen-bond donors (Lipinski definition) is 0. The average Bonchev–Trinajstić information content (AvgIpc) is 2.74. The molecule has 0 aliphatic carbocycles. The molecule has 152 valence electrons. The number of ether oxygens (including phenoxy) is 3. The van der Waals surface area contributed by atoms with Gasteiger partial charge in [0.2, 0.25) is 6.23 Å². The van der Waals surface area contributed by atoms with Crippen LogP contribution >= 0.6 is 0 Å². The van der Waals surface area contributed by atoms with Gasteiger partial charge in [-0.15, -0.1) is 0 Å². The summed E-state index contributed by atoms with van der Waals surface area (Å²) in [5.74, 6) is -1.11. The molecule has 7 nitrogen and oxygen atoms in total. The number of rotatable bonds is 5. The Kier molecular flexibility index (Phi) is 6.84. The van der Waals surface area contributed by atoms with Gasteiger partial charge >= 0.3 is 18.0 Å². The Morgan fingerprint density at radius 2 is 1.62 bits per heavy atom. The highest BCUT2D eigenvalue weighted by Gasteiger charge is 2.40. The van der Waals surface area contributed by atoms with Crippen molar-refractivity contribution in [1.29, 1.82) is 0 Å². The van der Waals surface area contributed by atoms with Gasteiger partial charge in [-0.2, -0.15) is 0 Å². The van der Waals surface area contributed by atoms with E-state index in [1.807, 2.05) is 30.3 Å². The van der Waals surface area contributed by atoms with Gasteiger partial charge in [-0.05, 0) is 30.5 Å². The predicted octanol–water partition coefficient (Wildman–Crippen LogP) is 3.53. The Morgan fingerprint density at radius 1 is 0.966 bits per heavy atom. The van der Waals surface area contributed by atoms with Crippen LogP contribution in [-0.2, 0) is 25.6 Å². The summed E-state index contributed by atoms with van der Waals surface area (Å²) < 4.78 is 16.3. The summed E-state index contributed by atoms with van der Waals surface area (Å²) in [6.45, 7) is 1.68. The molecule has 0 saturated carbocycles. The monoisotopic (exact) mass is 397 g/mol. The number of likely N-dealkylation sites (tertiary alicyclic amines) is 1. The topological polar surface area (TPSA) is 82.1 Å². The molecule has 7 heteroatoms. The summed E-state index contributed by atoms with van der Waals surface area (Å²) in [5, 5.41) is 0. The van der Waals surface area contributed by atoms with Crippen molar-refractivity contribution in [1.82, 2.24) is 4.90 Å². The number of piperidine rings is 1. The standard InChI is InChI=1S/C22H23NO6/c1-16(24)28-20-19(29-21(25)18-11-6-3-7-12-18)13-8-14-23(20)22(26)27-15-17-9-4-2-5-10-17/h2-7,9-12,19-20H,8,13-15H2,1H3. The first-order chi connectivity index (χ1) is 14.0. The second-order valence-corrected chi connectivity index (χ2v) is 6.69. The zero-order valence-electron chi connectivity index (χ0n) is 16.2. The van der Waals surface area contributed by atoms with Crippen LogP contribution in [-0.4, -0.2) is 41.8 Å². The van der Waals surface area contributed by atoms with Crippen molar-refractivity contribution in [3.05, 3.63) is 71.8 Å². The van der Waals surface area contributed by atoms with Gasteiger partial charge < -0.3 is 14.2 Å². The van der Waals surface area contributed by atoms with E-state index in [-0.39, 0.29) is 6.61 Å². The highest BCUT2D eigenvalue weighted by Crippen LogP contribution is 2.24. The third kappa shape index (κ3) is 5.57. The lowest BCUT2D eigenvalue weighted by Gasteiger charge is -2.38. The van der Waals surface area contributed by atoms with Gasteiger partial charge in [-0.25, -0.2) is 9.59 Å². The Morgan fingerprint density at radius 3 is 2.28 bits per heavy atom. The highest BCUT2D eigenvalue weighted by molar-refractivity contribution is 5.89. The first kappa shape index (κ1) is 20.4. The predicted molar refractivity (Wildman–Crippen MR) is 104 cm³/mol. The van der Waals surface area contributed by atoms with Crippen LogP contribution in [0.15, 0.2) is 60.7 Å². The molecule has 1 heterocycles. The second-order valence-electron chi connectivity index (χ2n) is 6.69. The molecule has 0 radical (unpaired) electrons. The van der Waals surface area contributed by atoms with Crippen molar-refractivity contribution in [3.63, 3.8) is 0 Å². The number of carbonyl (C=O) groups is 3. The molecule has 1 aliphatic rings. The third-order valence-corrected chi connectivity index (χ3v) is 4.51. The molecule has 1 aliphatic heterocycles. The van der Waals surface area contributed by atoms with Gasteiger partial charge in [-0.3, -0.25) is 9.69 Å². The average molecular weight is 397 g/mol. The maximum absolute atomic E-state index is 12.6. The molecule has 2 aromatic rings. The van der Waals surface area contributed by atoms with E-state index < -0.39 is 30.4 Å². The molecule has 0 aromatic heterocycles. The SMILES string of the molecule is CC(=O)OC1C(OC(=O)c2ccccc2)CCCN1C(=O)OCc1ccccc1. The van der Waals surface area contributed by atoms with Crippen molar-refractivity contribution in [2.75, 3.05) is 6.54 Å². The number of carbonyl (C=O) groups excluding carboxylic acids is 3. The van der Waals surface area contributed by atoms with Crippen LogP contribution in [0.2, 0.25) is 0 Å². The van der Waals surface area contributed by atoms with Crippen molar-refractivity contribution < 1.29 is 28.6 Å². The summed E-state index contributed by atoms with van der Waals surface area (Å²) >= 11 is 0. The smallest absolute Gasteiger partial charge is 0.413 e. The van der Waals surface area contributed by atoms with E-state index in [1.165, 1.54) is 11.8 Å². The first-order valence-corrected chi connectivity index (χ1v) is 9.45. The molecule has 1 fully saturated rings. The minimum Gasteiger partial charge on any atom is -0.453 e. The molecular weight excluding hydrogens is 374 g/mol. The van der Waals surface area contributed by atoms with E-state index in [9.17, 15) is 14.4 Å². The first-order valence-electron chi connectivity index (χ1n) is 9.45. The summed E-state index contributed by atoms with van der Waals surface area (Å²) in [6, 6.07) is 17.8. The van der Waals surface area contributed by atoms with Crippen LogP contribution in [0.1, 0.15) is 35.7 Å². The van der Waals surface area contributed by atoms with E-state index >= 15 is 0 Å². The van der Waals surface area contributed by atoms with E-state index in [2.05, 4.69) is 0 Å². The lowest BCUT2D eigenvalue weighted by molar-refractivity contribution is -0.172. The molecule has 2 aromatic carbocycles. The zero-order chi connectivity index (χ0) is 20.6. The maximum Gasteiger partial charge on any atom is 0.413 e. The van der Waals surface area contributed by atoms with Gasteiger partial charge in [0.15, 0.2) is 6.10 Å². The largest absolute Gasteiger partial charge is 0.453 e. The number of nitrogens with zero attached hydrogens (tertiary/aromatic N) is 1. The second kappa shape index (κ2) is 9.73. The molecule has 0 bridgehead atoms. The summed E-state index contributed by atoms with van der Waals surface area (Å²) in [5.41, 5.74) is 1.23. The fourth-order valence-electron chi connectivity index (χ4n) is 3.14. The quantitative estimate of drug-likeness (QED) is 0.567. The molecule has 2 unspecified atom stereocenters. The summed E-state index contributed by atoms with van der Waals surface area (Å²) in [7, 11) is 0. The number of esters is 2. The normalized spacial score (nSPS) is 18.6. The lowest BCUT2D eigenvalue weighted by atomic mass is 10.1. The zero-order valence-corrected chi connectivity index (χ0v) is 16.2. The van der Waals surface area contributed by atoms with Crippen LogP contribution < -0.4 is 0 Å². The van der Waals surface area contributed by atoms with Gasteiger partial charge in [0.25, 0.3) is 0 Å². The molecular formula is C22H23NO6. The van der Waals surface area contributed by atoms with E-state index in [0.717, 1.165) is 5.56 Å². The van der Waals surface area contributed by atoms with E-state index in [0.29, 0.717) is 24.9 Å². The number of amides is 1. The Balaban J connectivity index is 1.69. The van der Waals surface area contributed by atoms with Crippen molar-refractivity contribution >= 4 is 18.0 Å². The Bertz CT molecular complexity index is 839. The van der Waals surface area contributed by atoms with Crippen LogP contribution in [0, 0.1) is 0 Å². The minimum atomic E-state index is -1.03. The summed E-state index contributed by atoms with van der Waals surface area (Å²) in [6.07, 6.45) is -1.37. The lowest BCUT2D eigenvalue weighted by Crippen LogP contribution is -2.54. The fourth-order valence-corrected chi connectivity index (χ4v) is 3.14. The maximum atomic E-state index is 12.6. The van der Waals surface area contributed by atoms with Gasteiger partial charge in [-0.1, -0.05) is 48.5 Å². The number of benzene rings is 2. The molecule has 3 rings (SSSR count). The fraction of sp³-hybridized carbons (Fsp3) is 0.318. The van der Waals surface area contributed by atoms with Crippen molar-refractivity contribution in [3.8, 4) is 0 Å². The summed E-state index contributed by atoms with van der Waals surface area (Å²) in [4.78, 5) is 38.0. The Labute approximate surface area is 169 Å². The highest BCUT2D eigenvalue weighted by atomic mass is 16.6. The van der Waals surface area contributed by atoms with Crippen LogP contribution in [0.3, 0.4) is 0 Å². The van der Waals surface area contributed by atoms with Crippen molar-refractivity contribution in [2.45, 2.75) is 38.7 Å². The molecule has 29 heavy (non-hydrogen) atoms.